The van der Waals surface area contributed by atoms with Crippen LogP contribution in [-0.4, -0.2) is 19.3 Å². The predicted molar refractivity (Wildman–Crippen MR) is 64.3 cm³/mol. The van der Waals surface area contributed by atoms with Crippen LogP contribution in [0.2, 0.25) is 0 Å². The van der Waals surface area contributed by atoms with Crippen LogP contribution < -0.4 is 9.47 Å². The molecule has 1 N–H and O–H groups in total. The standard InChI is InChI=1S/C13H18O3/c1-9(2)5-6-10-7-12(15-3)13(16-4)8-11(10)14/h7-8,14H,1,5-6H2,2-4H3. The summed E-state index contributed by atoms with van der Waals surface area (Å²) in [5.74, 6) is 1.41. The van der Waals surface area contributed by atoms with E-state index in [1.165, 1.54) is 0 Å². The van der Waals surface area contributed by atoms with Gasteiger partial charge in [-0.2, -0.15) is 0 Å². The Bertz CT molecular complexity index is 383. The summed E-state index contributed by atoms with van der Waals surface area (Å²) >= 11 is 0. The van der Waals surface area contributed by atoms with Crippen molar-refractivity contribution in [1.29, 1.82) is 0 Å². The van der Waals surface area contributed by atoms with E-state index in [9.17, 15) is 5.11 Å². The van der Waals surface area contributed by atoms with Crippen molar-refractivity contribution in [3.05, 3.63) is 29.8 Å². The number of rotatable bonds is 5. The van der Waals surface area contributed by atoms with E-state index in [4.69, 9.17) is 9.47 Å². The van der Waals surface area contributed by atoms with E-state index in [2.05, 4.69) is 6.58 Å². The van der Waals surface area contributed by atoms with Crippen LogP contribution in [0.1, 0.15) is 18.9 Å². The summed E-state index contributed by atoms with van der Waals surface area (Å²) in [7, 11) is 3.13. The molecule has 0 aliphatic carbocycles. The van der Waals surface area contributed by atoms with Crippen LogP contribution in [-0.2, 0) is 6.42 Å². The highest BCUT2D eigenvalue weighted by atomic mass is 16.5. The van der Waals surface area contributed by atoms with Gasteiger partial charge in [0, 0.05) is 6.07 Å². The van der Waals surface area contributed by atoms with Crippen LogP contribution in [0.15, 0.2) is 24.3 Å². The first kappa shape index (κ1) is 12.4. The Labute approximate surface area is 96.3 Å². The van der Waals surface area contributed by atoms with Crippen molar-refractivity contribution >= 4 is 0 Å². The van der Waals surface area contributed by atoms with E-state index >= 15 is 0 Å². The lowest BCUT2D eigenvalue weighted by atomic mass is 10.0. The molecule has 88 valence electrons. The van der Waals surface area contributed by atoms with Crippen molar-refractivity contribution in [2.45, 2.75) is 19.8 Å². The van der Waals surface area contributed by atoms with Gasteiger partial charge in [0.15, 0.2) is 11.5 Å². The van der Waals surface area contributed by atoms with Gasteiger partial charge in [-0.15, -0.1) is 6.58 Å². The Hall–Kier alpha value is -1.64. The van der Waals surface area contributed by atoms with Gasteiger partial charge in [-0.05, 0) is 31.4 Å². The molecule has 0 aliphatic rings. The SMILES string of the molecule is C=C(C)CCc1cc(OC)c(OC)cc1O. The fourth-order valence-corrected chi connectivity index (χ4v) is 1.46. The molecule has 1 aromatic rings. The average molecular weight is 222 g/mol. The molecule has 0 aliphatic heterocycles. The minimum atomic E-state index is 0.235. The number of benzene rings is 1. The predicted octanol–water partition coefficient (Wildman–Crippen LogP) is 2.92. The highest BCUT2D eigenvalue weighted by Gasteiger charge is 2.10. The molecule has 1 aromatic carbocycles. The number of hydrogen-bond acceptors (Lipinski definition) is 3. The lowest BCUT2D eigenvalue weighted by molar-refractivity contribution is 0.350. The maximum Gasteiger partial charge on any atom is 0.164 e. The second kappa shape index (κ2) is 5.45. The summed E-state index contributed by atoms with van der Waals surface area (Å²) in [6, 6.07) is 3.38. The molecule has 0 amide bonds. The Morgan fingerprint density at radius 2 is 1.81 bits per heavy atom. The molecule has 0 bridgehead atoms. The molecule has 0 radical (unpaired) electrons. The third-order valence-electron chi connectivity index (χ3n) is 2.41. The molecule has 0 atom stereocenters. The fraction of sp³-hybridized carbons (Fsp3) is 0.385. The normalized spacial score (nSPS) is 9.94. The second-order valence-electron chi connectivity index (χ2n) is 3.79. The first-order valence-corrected chi connectivity index (χ1v) is 5.16. The highest BCUT2D eigenvalue weighted by Crippen LogP contribution is 2.34. The quantitative estimate of drug-likeness (QED) is 0.778. The maximum absolute atomic E-state index is 9.79. The number of hydrogen-bond donors (Lipinski definition) is 1. The smallest absolute Gasteiger partial charge is 0.164 e. The van der Waals surface area contributed by atoms with Gasteiger partial charge in [-0.25, -0.2) is 0 Å². The van der Waals surface area contributed by atoms with Gasteiger partial charge in [-0.1, -0.05) is 5.57 Å². The van der Waals surface area contributed by atoms with E-state index in [0.717, 1.165) is 24.0 Å². The van der Waals surface area contributed by atoms with Gasteiger partial charge in [0.25, 0.3) is 0 Å². The molecule has 0 saturated heterocycles. The second-order valence-corrected chi connectivity index (χ2v) is 3.79. The molecule has 1 rings (SSSR count). The number of phenolic OH excluding ortho intramolecular Hbond substituents is 1. The van der Waals surface area contributed by atoms with E-state index in [1.807, 2.05) is 6.92 Å². The van der Waals surface area contributed by atoms with Gasteiger partial charge in [0.1, 0.15) is 5.75 Å². The molecule has 0 fully saturated rings. The summed E-state index contributed by atoms with van der Waals surface area (Å²) in [5.41, 5.74) is 1.94. The number of allylic oxidation sites excluding steroid dienone is 1. The van der Waals surface area contributed by atoms with E-state index in [-0.39, 0.29) is 5.75 Å². The molecule has 3 nitrogen and oxygen atoms in total. The zero-order valence-corrected chi connectivity index (χ0v) is 10.0. The van der Waals surface area contributed by atoms with Crippen LogP contribution in [0.5, 0.6) is 17.2 Å². The summed E-state index contributed by atoms with van der Waals surface area (Å²) < 4.78 is 10.3. The summed E-state index contributed by atoms with van der Waals surface area (Å²) in [4.78, 5) is 0. The van der Waals surface area contributed by atoms with Crippen molar-refractivity contribution in [3.63, 3.8) is 0 Å². The molecule has 0 heterocycles. The van der Waals surface area contributed by atoms with Crippen LogP contribution >= 0.6 is 0 Å². The van der Waals surface area contributed by atoms with Gasteiger partial charge in [0.2, 0.25) is 0 Å². The summed E-state index contributed by atoms with van der Waals surface area (Å²) in [6.45, 7) is 5.81. The lowest BCUT2D eigenvalue weighted by Gasteiger charge is -2.11. The number of ether oxygens (including phenoxy) is 2. The van der Waals surface area contributed by atoms with E-state index < -0.39 is 0 Å². The molecule has 0 saturated carbocycles. The van der Waals surface area contributed by atoms with Crippen molar-refractivity contribution in [2.75, 3.05) is 14.2 Å². The number of aromatic hydroxyl groups is 1. The Morgan fingerprint density at radius 3 is 2.31 bits per heavy atom. The monoisotopic (exact) mass is 222 g/mol. The maximum atomic E-state index is 9.79. The van der Waals surface area contributed by atoms with Gasteiger partial charge in [-0.3, -0.25) is 0 Å². The molecule has 0 aromatic heterocycles. The minimum absolute atomic E-state index is 0.235. The molecule has 16 heavy (non-hydrogen) atoms. The zero-order chi connectivity index (χ0) is 12.1. The van der Waals surface area contributed by atoms with Crippen molar-refractivity contribution in [3.8, 4) is 17.2 Å². The number of methoxy groups -OCH3 is 2. The van der Waals surface area contributed by atoms with Crippen molar-refractivity contribution < 1.29 is 14.6 Å². The first-order valence-electron chi connectivity index (χ1n) is 5.16. The van der Waals surface area contributed by atoms with Crippen molar-refractivity contribution in [2.24, 2.45) is 0 Å². The molecule has 3 heteroatoms. The van der Waals surface area contributed by atoms with Crippen LogP contribution in [0.25, 0.3) is 0 Å². The topological polar surface area (TPSA) is 38.7 Å². The molecule has 0 unspecified atom stereocenters. The summed E-state index contributed by atoms with van der Waals surface area (Å²) in [5, 5.41) is 9.79. The van der Waals surface area contributed by atoms with Crippen molar-refractivity contribution in [1.82, 2.24) is 0 Å². The minimum Gasteiger partial charge on any atom is -0.508 e. The molecular formula is C13H18O3. The van der Waals surface area contributed by atoms with Crippen LogP contribution in [0.3, 0.4) is 0 Å². The zero-order valence-electron chi connectivity index (χ0n) is 10.0. The third kappa shape index (κ3) is 2.92. The lowest BCUT2D eigenvalue weighted by Crippen LogP contribution is -1.94. The molecule has 0 spiro atoms. The fourth-order valence-electron chi connectivity index (χ4n) is 1.46. The molecular weight excluding hydrogens is 204 g/mol. The van der Waals surface area contributed by atoms with Gasteiger partial charge >= 0.3 is 0 Å². The Morgan fingerprint density at radius 1 is 1.25 bits per heavy atom. The first-order chi connectivity index (χ1) is 7.58. The average Bonchev–Trinajstić information content (AvgIpc) is 2.26. The van der Waals surface area contributed by atoms with E-state index in [1.54, 1.807) is 26.4 Å². The van der Waals surface area contributed by atoms with Gasteiger partial charge < -0.3 is 14.6 Å². The third-order valence-corrected chi connectivity index (χ3v) is 2.41. The van der Waals surface area contributed by atoms with Crippen LogP contribution in [0.4, 0.5) is 0 Å². The van der Waals surface area contributed by atoms with E-state index in [0.29, 0.717) is 11.5 Å². The van der Waals surface area contributed by atoms with Crippen LogP contribution in [0, 0.1) is 0 Å². The Kier molecular flexibility index (Phi) is 4.23. The summed E-state index contributed by atoms with van der Waals surface area (Å²) in [6.07, 6.45) is 1.60. The largest absolute Gasteiger partial charge is 0.508 e. The Balaban J connectivity index is 2.96. The number of aryl methyl sites for hydroxylation is 1. The van der Waals surface area contributed by atoms with Gasteiger partial charge in [0.05, 0.1) is 14.2 Å². The number of phenols is 1. The highest BCUT2D eigenvalue weighted by molar-refractivity contribution is 5.50.